The van der Waals surface area contributed by atoms with Crippen LogP contribution in [0.3, 0.4) is 0 Å². The van der Waals surface area contributed by atoms with Gasteiger partial charge in [-0.25, -0.2) is 0 Å². The predicted molar refractivity (Wildman–Crippen MR) is 56.7 cm³/mol. The van der Waals surface area contributed by atoms with E-state index < -0.39 is 25.5 Å². The number of benzene rings is 1. The van der Waals surface area contributed by atoms with Gasteiger partial charge in [0.2, 0.25) is 5.82 Å². The van der Waals surface area contributed by atoms with Gasteiger partial charge in [0.1, 0.15) is 0 Å². The third-order valence-corrected chi connectivity index (χ3v) is 2.66. The Balaban J connectivity index is 2.96. The van der Waals surface area contributed by atoms with Gasteiger partial charge in [0.05, 0.1) is 17.1 Å². The second kappa shape index (κ2) is 4.99. The molecule has 0 aliphatic carbocycles. The first-order valence-electron chi connectivity index (χ1n) is 4.55. The van der Waals surface area contributed by atoms with Crippen molar-refractivity contribution in [2.24, 2.45) is 0 Å². The maximum absolute atomic E-state index is 13.1. The van der Waals surface area contributed by atoms with E-state index in [0.29, 0.717) is 5.56 Å². The molecule has 6 heteroatoms. The van der Waals surface area contributed by atoms with Crippen molar-refractivity contribution in [1.29, 1.82) is 0 Å². The van der Waals surface area contributed by atoms with Crippen LogP contribution in [0.4, 0.5) is 10.1 Å². The first kappa shape index (κ1) is 11.8. The molecular formula is C9H12FNO3Si. The molecule has 0 saturated heterocycles. The zero-order valence-corrected chi connectivity index (χ0v) is 9.72. The molecule has 0 bridgehead atoms. The number of para-hydroxylation sites is 1. The van der Waals surface area contributed by atoms with Crippen LogP contribution in [0.1, 0.15) is 5.56 Å². The molecule has 0 amide bonds. The Morgan fingerprint density at radius 1 is 1.53 bits per heavy atom. The molecule has 1 rings (SSSR count). The van der Waals surface area contributed by atoms with Crippen LogP contribution in [0.25, 0.3) is 0 Å². The molecule has 0 fully saturated rings. The minimum absolute atomic E-state index is 0.109. The van der Waals surface area contributed by atoms with Gasteiger partial charge < -0.3 is 4.43 Å². The molecule has 0 aliphatic heterocycles. The molecule has 0 aromatic heterocycles. The van der Waals surface area contributed by atoms with Gasteiger partial charge in [-0.15, -0.1) is 0 Å². The fourth-order valence-corrected chi connectivity index (χ4v) is 1.65. The van der Waals surface area contributed by atoms with Crippen molar-refractivity contribution in [3.05, 3.63) is 39.7 Å². The standard InChI is InChI=1S/C9H12FNO3Si/c1-15(2)14-6-7-4-3-5-8(10)9(7)11(12)13/h3-5,15H,6H2,1-2H3. The number of nitrogens with zero attached hydrogens (tertiary/aromatic N) is 1. The Morgan fingerprint density at radius 2 is 2.20 bits per heavy atom. The summed E-state index contributed by atoms with van der Waals surface area (Å²) in [5, 5.41) is 10.6. The topological polar surface area (TPSA) is 52.4 Å². The molecule has 0 saturated carbocycles. The third-order valence-electron chi connectivity index (χ3n) is 1.83. The minimum Gasteiger partial charge on any atom is -0.416 e. The van der Waals surface area contributed by atoms with Gasteiger partial charge in [-0.1, -0.05) is 6.07 Å². The highest BCUT2D eigenvalue weighted by Crippen LogP contribution is 2.22. The molecule has 0 unspecified atom stereocenters. The highest BCUT2D eigenvalue weighted by molar-refractivity contribution is 6.48. The summed E-state index contributed by atoms with van der Waals surface area (Å²) in [5.41, 5.74) is -0.187. The quantitative estimate of drug-likeness (QED) is 0.452. The second-order valence-corrected chi connectivity index (χ2v) is 5.80. The summed E-state index contributed by atoms with van der Waals surface area (Å²) in [4.78, 5) is 9.90. The number of nitro benzene ring substituents is 1. The number of rotatable bonds is 4. The van der Waals surface area contributed by atoms with Gasteiger partial charge in [0.25, 0.3) is 0 Å². The van der Waals surface area contributed by atoms with Crippen LogP contribution >= 0.6 is 0 Å². The van der Waals surface area contributed by atoms with E-state index in [1.54, 1.807) is 0 Å². The van der Waals surface area contributed by atoms with E-state index in [2.05, 4.69) is 0 Å². The molecule has 0 aliphatic rings. The summed E-state index contributed by atoms with van der Waals surface area (Å²) < 4.78 is 18.5. The molecule has 1 aromatic rings. The smallest absolute Gasteiger partial charge is 0.310 e. The first-order chi connectivity index (χ1) is 7.02. The first-order valence-corrected chi connectivity index (χ1v) is 7.34. The van der Waals surface area contributed by atoms with Gasteiger partial charge in [-0.05, 0) is 25.2 Å². The maximum Gasteiger partial charge on any atom is 0.310 e. The van der Waals surface area contributed by atoms with Crippen molar-refractivity contribution in [3.8, 4) is 0 Å². The van der Waals surface area contributed by atoms with Crippen molar-refractivity contribution in [2.45, 2.75) is 19.7 Å². The molecular weight excluding hydrogens is 217 g/mol. The van der Waals surface area contributed by atoms with E-state index in [1.807, 2.05) is 13.1 Å². The van der Waals surface area contributed by atoms with Gasteiger partial charge in [-0.3, -0.25) is 10.1 Å². The highest BCUT2D eigenvalue weighted by atomic mass is 28.3. The molecule has 0 spiro atoms. The van der Waals surface area contributed by atoms with Gasteiger partial charge in [0, 0.05) is 0 Å². The molecule has 0 heterocycles. The van der Waals surface area contributed by atoms with Crippen LogP contribution < -0.4 is 0 Å². The number of nitro groups is 1. The van der Waals surface area contributed by atoms with Gasteiger partial charge in [0.15, 0.2) is 9.04 Å². The molecule has 82 valence electrons. The number of hydrogen-bond acceptors (Lipinski definition) is 3. The average Bonchev–Trinajstić information content (AvgIpc) is 2.13. The summed E-state index contributed by atoms with van der Waals surface area (Å²) in [6.07, 6.45) is 0. The third kappa shape index (κ3) is 3.10. The van der Waals surface area contributed by atoms with Crippen LogP contribution in [0.15, 0.2) is 18.2 Å². The predicted octanol–water partition coefficient (Wildman–Crippen LogP) is 2.23. The van der Waals surface area contributed by atoms with Crippen molar-refractivity contribution < 1.29 is 13.7 Å². The monoisotopic (exact) mass is 229 g/mol. The van der Waals surface area contributed by atoms with Crippen molar-refractivity contribution in [2.75, 3.05) is 0 Å². The van der Waals surface area contributed by atoms with E-state index in [-0.39, 0.29) is 6.61 Å². The van der Waals surface area contributed by atoms with E-state index in [9.17, 15) is 14.5 Å². The van der Waals surface area contributed by atoms with Gasteiger partial charge in [-0.2, -0.15) is 4.39 Å². The Morgan fingerprint density at radius 3 is 2.73 bits per heavy atom. The molecule has 15 heavy (non-hydrogen) atoms. The summed E-state index contributed by atoms with van der Waals surface area (Å²) in [5.74, 6) is -0.813. The summed E-state index contributed by atoms with van der Waals surface area (Å²) in [6, 6.07) is 4.04. The second-order valence-electron chi connectivity index (χ2n) is 3.36. The largest absolute Gasteiger partial charge is 0.416 e. The van der Waals surface area contributed by atoms with Crippen molar-refractivity contribution in [1.82, 2.24) is 0 Å². The Bertz CT molecular complexity index is 370. The van der Waals surface area contributed by atoms with Crippen molar-refractivity contribution >= 4 is 14.7 Å². The van der Waals surface area contributed by atoms with E-state index in [0.717, 1.165) is 6.07 Å². The zero-order valence-electron chi connectivity index (χ0n) is 8.57. The van der Waals surface area contributed by atoms with Crippen LogP contribution in [0, 0.1) is 15.9 Å². The van der Waals surface area contributed by atoms with Crippen molar-refractivity contribution in [3.63, 3.8) is 0 Å². The van der Waals surface area contributed by atoms with Crippen LogP contribution in [-0.4, -0.2) is 14.0 Å². The van der Waals surface area contributed by atoms with Gasteiger partial charge >= 0.3 is 5.69 Å². The summed E-state index contributed by atoms with van der Waals surface area (Å²) >= 11 is 0. The lowest BCUT2D eigenvalue weighted by molar-refractivity contribution is -0.388. The maximum atomic E-state index is 13.1. The Hall–Kier alpha value is -1.27. The molecule has 0 atom stereocenters. The van der Waals surface area contributed by atoms with E-state index in [4.69, 9.17) is 4.43 Å². The lowest BCUT2D eigenvalue weighted by Gasteiger charge is -2.07. The normalized spacial score (nSPS) is 10.7. The Kier molecular flexibility index (Phi) is 3.93. The SMILES string of the molecule is C[SiH](C)OCc1cccc(F)c1[N+](=O)[O-]. The zero-order chi connectivity index (χ0) is 11.4. The Labute approximate surface area is 88.6 Å². The summed E-state index contributed by atoms with van der Waals surface area (Å²) in [6.45, 7) is 4.01. The van der Waals surface area contributed by atoms with Crippen LogP contribution in [-0.2, 0) is 11.0 Å². The number of hydrogen-bond donors (Lipinski definition) is 0. The number of halogens is 1. The van der Waals surface area contributed by atoms with E-state index in [1.165, 1.54) is 12.1 Å². The lowest BCUT2D eigenvalue weighted by atomic mass is 10.2. The highest BCUT2D eigenvalue weighted by Gasteiger charge is 2.19. The fraction of sp³-hybridized carbons (Fsp3) is 0.333. The average molecular weight is 229 g/mol. The molecule has 0 N–H and O–H groups in total. The molecule has 0 radical (unpaired) electrons. The fourth-order valence-electron chi connectivity index (χ4n) is 1.14. The lowest BCUT2D eigenvalue weighted by Crippen LogP contribution is -2.09. The van der Waals surface area contributed by atoms with Crippen LogP contribution in [0.2, 0.25) is 13.1 Å². The minimum atomic E-state index is -1.25. The van der Waals surface area contributed by atoms with Crippen LogP contribution in [0.5, 0.6) is 0 Å². The van der Waals surface area contributed by atoms with E-state index >= 15 is 0 Å². The summed E-state index contributed by atoms with van der Waals surface area (Å²) in [7, 11) is -1.25. The molecule has 4 nitrogen and oxygen atoms in total. The molecule has 1 aromatic carbocycles.